The minimum absolute atomic E-state index is 0.0142. The van der Waals surface area contributed by atoms with E-state index in [0.29, 0.717) is 5.56 Å². The number of rotatable bonds is 10. The fourth-order valence-corrected chi connectivity index (χ4v) is 5.97. The fraction of sp³-hybridized carbons (Fsp3) is 0.310. The third-order valence-electron chi connectivity index (χ3n) is 5.96. The van der Waals surface area contributed by atoms with E-state index in [9.17, 15) is 22.4 Å². The van der Waals surface area contributed by atoms with Crippen molar-refractivity contribution in [3.63, 3.8) is 0 Å². The van der Waals surface area contributed by atoms with Crippen LogP contribution in [0.15, 0.2) is 77.7 Å². The maximum absolute atomic E-state index is 14.0. The summed E-state index contributed by atoms with van der Waals surface area (Å²) < 4.78 is 42.2. The van der Waals surface area contributed by atoms with Crippen molar-refractivity contribution < 1.29 is 22.4 Å². The molecular formula is C29H32Cl2FN3O4S. The van der Waals surface area contributed by atoms with Crippen LogP contribution in [-0.4, -0.2) is 43.3 Å². The van der Waals surface area contributed by atoms with Crippen molar-refractivity contribution in [2.45, 2.75) is 57.1 Å². The number of carbonyl (C=O) groups excluding carboxylic acids is 2. The highest BCUT2D eigenvalue weighted by Gasteiger charge is 2.35. The van der Waals surface area contributed by atoms with Crippen molar-refractivity contribution in [2.24, 2.45) is 0 Å². The van der Waals surface area contributed by atoms with Gasteiger partial charge in [0.15, 0.2) is 0 Å². The van der Waals surface area contributed by atoms with Crippen LogP contribution in [0.5, 0.6) is 0 Å². The van der Waals surface area contributed by atoms with Crippen LogP contribution in [0, 0.1) is 5.82 Å². The molecule has 0 aliphatic heterocycles. The molecule has 0 aliphatic rings. The van der Waals surface area contributed by atoms with E-state index in [0.717, 1.165) is 4.31 Å². The molecule has 1 N–H and O–H groups in total. The van der Waals surface area contributed by atoms with Gasteiger partial charge < -0.3 is 10.2 Å². The Hall–Kier alpha value is -3.14. The van der Waals surface area contributed by atoms with E-state index in [1.54, 1.807) is 25.1 Å². The van der Waals surface area contributed by atoms with Crippen LogP contribution < -0.4 is 9.62 Å². The number of amides is 2. The average molecular weight is 609 g/mol. The predicted octanol–water partition coefficient (Wildman–Crippen LogP) is 6.05. The molecule has 0 aliphatic carbocycles. The molecule has 0 saturated carbocycles. The van der Waals surface area contributed by atoms with E-state index in [1.807, 2.05) is 20.8 Å². The molecule has 214 valence electrons. The van der Waals surface area contributed by atoms with Crippen LogP contribution in [0.2, 0.25) is 10.0 Å². The number of benzene rings is 3. The van der Waals surface area contributed by atoms with Gasteiger partial charge in [-0.05, 0) is 69.2 Å². The van der Waals surface area contributed by atoms with Gasteiger partial charge in [-0.1, -0.05) is 66.5 Å². The number of halogens is 3. The third-order valence-corrected chi connectivity index (χ3v) is 8.54. The number of nitrogens with one attached hydrogen (secondary N) is 1. The van der Waals surface area contributed by atoms with Gasteiger partial charge in [-0.2, -0.15) is 0 Å². The van der Waals surface area contributed by atoms with Crippen molar-refractivity contribution in [3.8, 4) is 0 Å². The first-order valence-electron chi connectivity index (χ1n) is 12.6. The Morgan fingerprint density at radius 1 is 0.950 bits per heavy atom. The summed E-state index contributed by atoms with van der Waals surface area (Å²) >= 11 is 12.7. The Morgan fingerprint density at radius 2 is 1.57 bits per heavy atom. The summed E-state index contributed by atoms with van der Waals surface area (Å²) in [5.74, 6) is -1.51. The highest BCUT2D eigenvalue weighted by atomic mass is 35.5. The monoisotopic (exact) mass is 607 g/mol. The molecule has 0 heterocycles. The summed E-state index contributed by atoms with van der Waals surface area (Å²) in [5.41, 5.74) is 0.00170. The number of nitrogens with zero attached hydrogens (tertiary/aromatic N) is 2. The SMILES string of the molecule is CCC(C(=O)NC(C)(C)C)N(Cc1ccc(F)cc1)C(=O)CN(c1cccc(Cl)c1Cl)S(=O)(=O)c1ccccc1. The van der Waals surface area contributed by atoms with Crippen LogP contribution in [0.4, 0.5) is 10.1 Å². The Labute approximate surface area is 244 Å². The molecule has 1 atom stereocenters. The van der Waals surface area contributed by atoms with E-state index >= 15 is 0 Å². The molecule has 2 amide bonds. The molecule has 0 radical (unpaired) electrons. The molecular weight excluding hydrogens is 576 g/mol. The Kier molecular flexibility index (Phi) is 10.2. The quantitative estimate of drug-likeness (QED) is 0.304. The molecule has 3 rings (SSSR count). The van der Waals surface area contributed by atoms with E-state index in [2.05, 4.69) is 5.32 Å². The minimum Gasteiger partial charge on any atom is -0.350 e. The van der Waals surface area contributed by atoms with Crippen LogP contribution in [0.1, 0.15) is 39.7 Å². The van der Waals surface area contributed by atoms with Crippen molar-refractivity contribution in [3.05, 3.63) is 94.2 Å². The first kappa shape index (κ1) is 31.4. The molecule has 3 aromatic carbocycles. The first-order valence-corrected chi connectivity index (χ1v) is 14.8. The van der Waals surface area contributed by atoms with Crippen LogP contribution >= 0.6 is 23.2 Å². The minimum atomic E-state index is -4.29. The van der Waals surface area contributed by atoms with E-state index < -0.39 is 45.8 Å². The molecule has 0 fully saturated rings. The molecule has 0 aromatic heterocycles. The van der Waals surface area contributed by atoms with Crippen molar-refractivity contribution >= 4 is 50.7 Å². The summed E-state index contributed by atoms with van der Waals surface area (Å²) in [6.07, 6.45) is 0.248. The largest absolute Gasteiger partial charge is 0.350 e. The summed E-state index contributed by atoms with van der Waals surface area (Å²) in [5, 5.41) is 2.96. The Balaban J connectivity index is 2.10. The van der Waals surface area contributed by atoms with E-state index in [1.165, 1.54) is 59.5 Å². The Morgan fingerprint density at radius 3 is 2.15 bits per heavy atom. The summed E-state index contributed by atoms with van der Waals surface area (Å²) in [6.45, 7) is 6.48. The molecule has 0 saturated heterocycles. The number of hydrogen-bond donors (Lipinski definition) is 1. The van der Waals surface area contributed by atoms with Gasteiger partial charge in [-0.25, -0.2) is 12.8 Å². The zero-order valence-corrected chi connectivity index (χ0v) is 25.0. The molecule has 40 heavy (non-hydrogen) atoms. The lowest BCUT2D eigenvalue weighted by Crippen LogP contribution is -2.55. The van der Waals surface area contributed by atoms with Crippen molar-refractivity contribution in [1.29, 1.82) is 0 Å². The lowest BCUT2D eigenvalue weighted by atomic mass is 10.1. The standard InChI is InChI=1S/C29H32Cl2FN3O4S/c1-5-24(28(37)33-29(2,3)4)34(18-20-14-16-21(32)17-15-20)26(36)19-35(25-13-9-12-23(30)27(25)31)40(38,39)22-10-7-6-8-11-22/h6-17,24H,5,18-19H2,1-4H3,(H,33,37). The fourth-order valence-electron chi connectivity index (χ4n) is 4.08. The molecule has 1 unspecified atom stereocenters. The van der Waals surface area contributed by atoms with Gasteiger partial charge in [0.05, 0.1) is 20.6 Å². The molecule has 11 heteroatoms. The van der Waals surface area contributed by atoms with E-state index in [4.69, 9.17) is 23.2 Å². The molecule has 7 nitrogen and oxygen atoms in total. The van der Waals surface area contributed by atoms with Gasteiger partial charge in [0, 0.05) is 12.1 Å². The van der Waals surface area contributed by atoms with Gasteiger partial charge in [-0.15, -0.1) is 0 Å². The van der Waals surface area contributed by atoms with Gasteiger partial charge in [0.25, 0.3) is 10.0 Å². The smallest absolute Gasteiger partial charge is 0.264 e. The molecule has 0 spiro atoms. The van der Waals surface area contributed by atoms with Gasteiger partial charge in [0.2, 0.25) is 11.8 Å². The summed E-state index contributed by atoms with van der Waals surface area (Å²) in [4.78, 5) is 28.6. The molecule has 0 bridgehead atoms. The van der Waals surface area contributed by atoms with Crippen LogP contribution in [0.3, 0.4) is 0 Å². The average Bonchev–Trinajstić information content (AvgIpc) is 2.89. The second-order valence-electron chi connectivity index (χ2n) is 10.2. The first-order chi connectivity index (χ1) is 18.7. The second-order valence-corrected chi connectivity index (χ2v) is 12.9. The summed E-state index contributed by atoms with van der Waals surface area (Å²) in [7, 11) is -4.29. The molecule has 3 aromatic rings. The third kappa shape index (κ3) is 7.74. The van der Waals surface area contributed by atoms with Crippen LogP contribution in [0.25, 0.3) is 0 Å². The maximum atomic E-state index is 14.0. The van der Waals surface area contributed by atoms with Gasteiger partial charge >= 0.3 is 0 Å². The van der Waals surface area contributed by atoms with Crippen molar-refractivity contribution in [1.82, 2.24) is 10.2 Å². The topological polar surface area (TPSA) is 86.8 Å². The predicted molar refractivity (Wildman–Crippen MR) is 156 cm³/mol. The zero-order valence-electron chi connectivity index (χ0n) is 22.7. The second kappa shape index (κ2) is 13.0. The highest BCUT2D eigenvalue weighted by molar-refractivity contribution is 7.92. The number of carbonyl (C=O) groups is 2. The zero-order chi connectivity index (χ0) is 29.7. The van der Waals surface area contributed by atoms with Crippen molar-refractivity contribution in [2.75, 3.05) is 10.8 Å². The lowest BCUT2D eigenvalue weighted by Gasteiger charge is -2.35. The van der Waals surface area contributed by atoms with Gasteiger partial charge in [0.1, 0.15) is 18.4 Å². The number of hydrogen-bond acceptors (Lipinski definition) is 4. The van der Waals surface area contributed by atoms with Gasteiger partial charge in [-0.3, -0.25) is 13.9 Å². The normalized spacial score (nSPS) is 12.5. The maximum Gasteiger partial charge on any atom is 0.264 e. The number of anilines is 1. The Bertz CT molecular complexity index is 1450. The lowest BCUT2D eigenvalue weighted by molar-refractivity contribution is -0.141. The number of sulfonamides is 1. The van der Waals surface area contributed by atoms with E-state index in [-0.39, 0.29) is 33.6 Å². The highest BCUT2D eigenvalue weighted by Crippen LogP contribution is 2.35. The van der Waals surface area contributed by atoms with Crippen LogP contribution in [-0.2, 0) is 26.2 Å². The summed E-state index contributed by atoms with van der Waals surface area (Å²) in [6, 6.07) is 16.7.